The minimum Gasteiger partial charge on any atom is -0.381 e. The Morgan fingerprint density at radius 3 is 2.45 bits per heavy atom. The molecule has 0 radical (unpaired) electrons. The lowest BCUT2D eigenvalue weighted by Crippen LogP contribution is -2.03. The van der Waals surface area contributed by atoms with Gasteiger partial charge < -0.3 is 5.32 Å². The Morgan fingerprint density at radius 1 is 1.05 bits per heavy atom. The van der Waals surface area contributed by atoms with E-state index in [0.29, 0.717) is 11.4 Å². The molecular formula is C16H19NO2S. The highest BCUT2D eigenvalue weighted by molar-refractivity contribution is 7.90. The second-order valence-electron chi connectivity index (χ2n) is 5.01. The maximum atomic E-state index is 11.5. The number of aryl methyl sites for hydroxylation is 1. The number of hydrogen-bond acceptors (Lipinski definition) is 3. The van der Waals surface area contributed by atoms with E-state index in [2.05, 4.69) is 31.3 Å². The minimum atomic E-state index is -3.16. The summed E-state index contributed by atoms with van der Waals surface area (Å²) in [6, 6.07) is 13.1. The third kappa shape index (κ3) is 3.39. The number of sulfone groups is 1. The molecule has 0 spiro atoms. The summed E-state index contributed by atoms with van der Waals surface area (Å²) in [4.78, 5) is 0.337. The molecule has 0 saturated heterocycles. The highest BCUT2D eigenvalue weighted by Gasteiger charge is 2.07. The van der Waals surface area contributed by atoms with Gasteiger partial charge in [0.2, 0.25) is 0 Å². The molecule has 4 heteroatoms. The van der Waals surface area contributed by atoms with Gasteiger partial charge in [-0.2, -0.15) is 0 Å². The first-order valence-corrected chi connectivity index (χ1v) is 8.36. The molecule has 106 valence electrons. The Kier molecular flexibility index (Phi) is 4.14. The number of benzene rings is 2. The van der Waals surface area contributed by atoms with Crippen molar-refractivity contribution >= 4 is 15.5 Å². The molecule has 20 heavy (non-hydrogen) atoms. The van der Waals surface area contributed by atoms with Crippen molar-refractivity contribution in [1.29, 1.82) is 0 Å². The van der Waals surface area contributed by atoms with Gasteiger partial charge in [-0.3, -0.25) is 0 Å². The fourth-order valence-corrected chi connectivity index (χ4v) is 2.70. The van der Waals surface area contributed by atoms with Crippen molar-refractivity contribution in [3.05, 3.63) is 59.2 Å². The zero-order chi connectivity index (χ0) is 14.8. The highest BCUT2D eigenvalue weighted by Crippen LogP contribution is 2.18. The van der Waals surface area contributed by atoms with Crippen LogP contribution in [0.15, 0.2) is 47.4 Å². The largest absolute Gasteiger partial charge is 0.381 e. The predicted octanol–water partition coefficient (Wildman–Crippen LogP) is 3.32. The van der Waals surface area contributed by atoms with Gasteiger partial charge in [-0.05, 0) is 48.7 Å². The molecule has 0 bridgehead atoms. The predicted molar refractivity (Wildman–Crippen MR) is 82.8 cm³/mol. The molecule has 0 atom stereocenters. The summed E-state index contributed by atoms with van der Waals surface area (Å²) >= 11 is 0. The Morgan fingerprint density at radius 2 is 1.75 bits per heavy atom. The molecule has 2 aromatic rings. The number of hydrogen-bond donors (Lipinski definition) is 1. The van der Waals surface area contributed by atoms with Crippen LogP contribution in [0.5, 0.6) is 0 Å². The van der Waals surface area contributed by atoms with Crippen LogP contribution in [0.4, 0.5) is 5.69 Å². The van der Waals surface area contributed by atoms with Gasteiger partial charge >= 0.3 is 0 Å². The average Bonchev–Trinajstić information content (AvgIpc) is 2.40. The van der Waals surface area contributed by atoms with Gasteiger partial charge in [0.05, 0.1) is 4.90 Å². The molecule has 0 fully saturated rings. The molecule has 2 rings (SSSR count). The third-order valence-electron chi connectivity index (χ3n) is 3.46. The van der Waals surface area contributed by atoms with Crippen molar-refractivity contribution in [1.82, 2.24) is 0 Å². The Balaban J connectivity index is 2.18. The molecule has 0 amide bonds. The fourth-order valence-electron chi connectivity index (χ4n) is 2.04. The van der Waals surface area contributed by atoms with Gasteiger partial charge in [0.25, 0.3) is 0 Å². The van der Waals surface area contributed by atoms with Crippen LogP contribution in [0.2, 0.25) is 0 Å². The molecule has 0 aliphatic carbocycles. The van der Waals surface area contributed by atoms with Gasteiger partial charge in [-0.25, -0.2) is 8.42 Å². The van der Waals surface area contributed by atoms with Gasteiger partial charge in [-0.15, -0.1) is 0 Å². The van der Waals surface area contributed by atoms with Crippen LogP contribution in [0.1, 0.15) is 16.7 Å². The second-order valence-corrected chi connectivity index (χ2v) is 7.03. The van der Waals surface area contributed by atoms with E-state index in [1.165, 1.54) is 22.9 Å². The number of rotatable bonds is 4. The van der Waals surface area contributed by atoms with E-state index >= 15 is 0 Å². The van der Waals surface area contributed by atoms with Crippen LogP contribution in [-0.4, -0.2) is 14.7 Å². The van der Waals surface area contributed by atoms with Gasteiger partial charge in [0, 0.05) is 18.5 Å². The molecule has 0 unspecified atom stereocenters. The standard InChI is InChI=1S/C16H19NO2S/c1-12-6-4-7-14(13(12)2)11-17-15-8-5-9-16(10-15)20(3,18)19/h4-10,17H,11H2,1-3H3. The van der Waals surface area contributed by atoms with Crippen molar-refractivity contribution in [2.75, 3.05) is 11.6 Å². The van der Waals surface area contributed by atoms with Crippen LogP contribution < -0.4 is 5.32 Å². The average molecular weight is 289 g/mol. The van der Waals surface area contributed by atoms with E-state index in [1.54, 1.807) is 18.2 Å². The topological polar surface area (TPSA) is 46.2 Å². The minimum absolute atomic E-state index is 0.337. The smallest absolute Gasteiger partial charge is 0.175 e. The summed E-state index contributed by atoms with van der Waals surface area (Å²) in [5, 5.41) is 3.28. The lowest BCUT2D eigenvalue weighted by atomic mass is 10.0. The quantitative estimate of drug-likeness (QED) is 0.939. The summed E-state index contributed by atoms with van der Waals surface area (Å²) in [6.07, 6.45) is 1.22. The van der Waals surface area contributed by atoms with Crippen LogP contribution in [0.25, 0.3) is 0 Å². The monoisotopic (exact) mass is 289 g/mol. The summed E-state index contributed by atoms with van der Waals surface area (Å²) in [6.45, 7) is 4.86. The lowest BCUT2D eigenvalue weighted by Gasteiger charge is -2.11. The molecule has 3 nitrogen and oxygen atoms in total. The van der Waals surface area contributed by atoms with Gasteiger partial charge in [0.15, 0.2) is 9.84 Å². The Hall–Kier alpha value is -1.81. The lowest BCUT2D eigenvalue weighted by molar-refractivity contribution is 0.602. The van der Waals surface area contributed by atoms with Gasteiger partial charge in [0.1, 0.15) is 0 Å². The zero-order valence-electron chi connectivity index (χ0n) is 12.0. The van der Waals surface area contributed by atoms with Crippen molar-refractivity contribution in [2.45, 2.75) is 25.3 Å². The van der Waals surface area contributed by atoms with E-state index < -0.39 is 9.84 Å². The normalized spacial score (nSPS) is 11.3. The fraction of sp³-hybridized carbons (Fsp3) is 0.250. The van der Waals surface area contributed by atoms with E-state index in [9.17, 15) is 8.42 Å². The molecular weight excluding hydrogens is 270 g/mol. The van der Waals surface area contributed by atoms with Crippen LogP contribution in [0.3, 0.4) is 0 Å². The van der Waals surface area contributed by atoms with Crippen molar-refractivity contribution < 1.29 is 8.42 Å². The molecule has 0 aliphatic heterocycles. The first-order chi connectivity index (χ1) is 9.38. The molecule has 0 aromatic heterocycles. The number of nitrogens with one attached hydrogen (secondary N) is 1. The summed E-state index contributed by atoms with van der Waals surface area (Å²) in [5.74, 6) is 0. The maximum Gasteiger partial charge on any atom is 0.175 e. The Labute approximate surface area is 120 Å². The number of anilines is 1. The first kappa shape index (κ1) is 14.6. The highest BCUT2D eigenvalue weighted by atomic mass is 32.2. The Bertz CT molecular complexity index is 721. The zero-order valence-corrected chi connectivity index (χ0v) is 12.8. The summed E-state index contributed by atoms with van der Waals surface area (Å²) < 4.78 is 23.1. The molecule has 1 N–H and O–H groups in total. The van der Waals surface area contributed by atoms with Crippen LogP contribution in [-0.2, 0) is 16.4 Å². The first-order valence-electron chi connectivity index (χ1n) is 6.47. The van der Waals surface area contributed by atoms with Gasteiger partial charge in [-0.1, -0.05) is 24.3 Å². The molecule has 0 saturated carbocycles. The van der Waals surface area contributed by atoms with E-state index in [1.807, 2.05) is 12.1 Å². The van der Waals surface area contributed by atoms with Crippen molar-refractivity contribution in [2.24, 2.45) is 0 Å². The third-order valence-corrected chi connectivity index (χ3v) is 4.57. The second kappa shape index (κ2) is 5.67. The SMILES string of the molecule is Cc1cccc(CNc2cccc(S(C)(=O)=O)c2)c1C. The van der Waals surface area contributed by atoms with Crippen molar-refractivity contribution in [3.63, 3.8) is 0 Å². The molecule has 0 heterocycles. The molecule has 2 aromatic carbocycles. The van der Waals surface area contributed by atoms with Crippen LogP contribution >= 0.6 is 0 Å². The van der Waals surface area contributed by atoms with Crippen LogP contribution in [0, 0.1) is 13.8 Å². The molecule has 0 aliphatic rings. The van der Waals surface area contributed by atoms with E-state index in [4.69, 9.17) is 0 Å². The van der Waals surface area contributed by atoms with E-state index in [-0.39, 0.29) is 0 Å². The summed E-state index contributed by atoms with van der Waals surface area (Å²) in [7, 11) is -3.16. The maximum absolute atomic E-state index is 11.5. The van der Waals surface area contributed by atoms with E-state index in [0.717, 1.165) is 5.69 Å². The summed E-state index contributed by atoms with van der Waals surface area (Å²) in [5.41, 5.74) is 4.55. The van der Waals surface area contributed by atoms with Crippen molar-refractivity contribution in [3.8, 4) is 0 Å².